The zero-order chi connectivity index (χ0) is 23.8. The second kappa shape index (κ2) is 11.0. The summed E-state index contributed by atoms with van der Waals surface area (Å²) in [7, 11) is 0. The van der Waals surface area contributed by atoms with Gasteiger partial charge in [-0.05, 0) is 23.3 Å². The van der Waals surface area contributed by atoms with Crippen molar-refractivity contribution in [2.45, 2.75) is 6.04 Å². The van der Waals surface area contributed by atoms with Crippen LogP contribution >= 0.6 is 0 Å². The molecule has 0 bridgehead atoms. The van der Waals surface area contributed by atoms with Crippen molar-refractivity contribution in [1.29, 1.82) is 10.5 Å². The van der Waals surface area contributed by atoms with Crippen LogP contribution < -0.4 is 5.32 Å². The fourth-order valence-electron chi connectivity index (χ4n) is 4.21. The van der Waals surface area contributed by atoms with Crippen LogP contribution in [0.2, 0.25) is 0 Å². The Morgan fingerprint density at radius 3 is 1.94 bits per heavy atom. The third-order valence-corrected chi connectivity index (χ3v) is 5.92. The molecule has 0 aliphatic carbocycles. The summed E-state index contributed by atoms with van der Waals surface area (Å²) in [5.41, 5.74) is 3.25. The Kier molecular flexibility index (Phi) is 7.35. The van der Waals surface area contributed by atoms with Gasteiger partial charge < -0.3 is 10.2 Å². The molecule has 3 aromatic carbocycles. The van der Waals surface area contributed by atoms with Gasteiger partial charge in [-0.3, -0.25) is 9.69 Å². The van der Waals surface area contributed by atoms with E-state index in [1.54, 1.807) is 30.5 Å². The number of benzene rings is 3. The van der Waals surface area contributed by atoms with Gasteiger partial charge in [0.15, 0.2) is 0 Å². The van der Waals surface area contributed by atoms with Gasteiger partial charge in [-0.1, -0.05) is 72.8 Å². The second-order valence-corrected chi connectivity index (χ2v) is 8.06. The lowest BCUT2D eigenvalue weighted by Gasteiger charge is -2.39. The molecule has 0 spiro atoms. The Hall–Kier alpha value is -4.39. The quantitative estimate of drug-likeness (QED) is 0.450. The Morgan fingerprint density at radius 1 is 0.824 bits per heavy atom. The third-order valence-electron chi connectivity index (χ3n) is 5.92. The van der Waals surface area contributed by atoms with Gasteiger partial charge >= 0.3 is 0 Å². The molecule has 1 heterocycles. The molecule has 1 aliphatic rings. The van der Waals surface area contributed by atoms with Crippen LogP contribution in [0.5, 0.6) is 0 Å². The molecule has 0 aromatic heterocycles. The summed E-state index contributed by atoms with van der Waals surface area (Å²) in [6.45, 7) is 2.98. The van der Waals surface area contributed by atoms with Crippen molar-refractivity contribution >= 4 is 11.6 Å². The Bertz CT molecular complexity index is 1190. The molecule has 1 N–H and O–H groups in total. The number of hydrogen-bond donors (Lipinski definition) is 1. The molecule has 168 valence electrons. The number of nitrogens with one attached hydrogen (secondary N) is 1. The molecule has 6 heteroatoms. The van der Waals surface area contributed by atoms with Crippen molar-refractivity contribution in [2.24, 2.45) is 0 Å². The standard InChI is InChI=1S/C28H25N5O/c29-19-24-13-7-8-14-26(24)31-28(34)25(20-30)21-32-15-17-33(18-16-32)27(22-9-3-1-4-10-22)23-11-5-2-6-12-23/h1-14,21,27H,15-18H2,(H,31,34)/b25-21-. The number of anilines is 1. The van der Waals surface area contributed by atoms with E-state index in [0.717, 1.165) is 13.1 Å². The molecule has 0 unspecified atom stereocenters. The fourth-order valence-corrected chi connectivity index (χ4v) is 4.21. The van der Waals surface area contributed by atoms with Crippen LogP contribution in [0, 0.1) is 22.7 Å². The largest absolute Gasteiger partial charge is 0.374 e. The number of hydrogen-bond acceptors (Lipinski definition) is 5. The molecule has 4 rings (SSSR count). The summed E-state index contributed by atoms with van der Waals surface area (Å²) in [5, 5.41) is 21.5. The maximum Gasteiger partial charge on any atom is 0.267 e. The van der Waals surface area contributed by atoms with Crippen molar-refractivity contribution in [3.05, 3.63) is 113 Å². The highest BCUT2D eigenvalue weighted by Crippen LogP contribution is 2.29. The van der Waals surface area contributed by atoms with Gasteiger partial charge in [0.2, 0.25) is 0 Å². The van der Waals surface area contributed by atoms with E-state index in [0.29, 0.717) is 24.3 Å². The van der Waals surface area contributed by atoms with Gasteiger partial charge in [0.05, 0.1) is 17.3 Å². The minimum Gasteiger partial charge on any atom is -0.374 e. The van der Waals surface area contributed by atoms with Gasteiger partial charge in [0.25, 0.3) is 5.91 Å². The summed E-state index contributed by atoms with van der Waals surface area (Å²) in [4.78, 5) is 17.1. The molecule has 0 radical (unpaired) electrons. The van der Waals surface area contributed by atoms with Crippen molar-refractivity contribution in [2.75, 3.05) is 31.5 Å². The molecule has 1 aliphatic heterocycles. The molecular formula is C28H25N5O. The van der Waals surface area contributed by atoms with E-state index < -0.39 is 5.91 Å². The SMILES string of the molecule is N#C/C(=C/N1CCN(C(c2ccccc2)c2ccccc2)CC1)C(=O)Nc1ccccc1C#N. The highest BCUT2D eigenvalue weighted by atomic mass is 16.1. The third kappa shape index (κ3) is 5.32. The van der Waals surface area contributed by atoms with Crippen LogP contribution in [0.25, 0.3) is 0 Å². The first kappa shape index (κ1) is 22.8. The lowest BCUT2D eigenvalue weighted by molar-refractivity contribution is -0.112. The molecule has 1 saturated heterocycles. The molecule has 34 heavy (non-hydrogen) atoms. The monoisotopic (exact) mass is 447 g/mol. The van der Waals surface area contributed by atoms with Crippen LogP contribution in [-0.4, -0.2) is 41.9 Å². The number of nitrogens with zero attached hydrogens (tertiary/aromatic N) is 4. The van der Waals surface area contributed by atoms with Gasteiger partial charge in [-0.2, -0.15) is 10.5 Å². The van der Waals surface area contributed by atoms with Crippen molar-refractivity contribution in [3.63, 3.8) is 0 Å². The van der Waals surface area contributed by atoms with Crippen molar-refractivity contribution in [1.82, 2.24) is 9.80 Å². The summed E-state index contributed by atoms with van der Waals surface area (Å²) >= 11 is 0. The van der Waals surface area contributed by atoms with E-state index in [1.165, 1.54) is 11.1 Å². The Labute approximate surface area is 200 Å². The first-order valence-electron chi connectivity index (χ1n) is 11.2. The van der Waals surface area contributed by atoms with Crippen molar-refractivity contribution in [3.8, 4) is 12.1 Å². The summed E-state index contributed by atoms with van der Waals surface area (Å²) in [5.74, 6) is -0.515. The molecule has 1 fully saturated rings. The van der Waals surface area contributed by atoms with Crippen molar-refractivity contribution < 1.29 is 4.79 Å². The van der Waals surface area contributed by atoms with E-state index in [-0.39, 0.29) is 11.6 Å². The molecular weight excluding hydrogens is 422 g/mol. The lowest BCUT2D eigenvalue weighted by Crippen LogP contribution is -2.46. The lowest BCUT2D eigenvalue weighted by atomic mass is 9.96. The molecule has 0 saturated carbocycles. The van der Waals surface area contributed by atoms with Gasteiger partial charge in [0, 0.05) is 32.4 Å². The predicted octanol–water partition coefficient (Wildman–Crippen LogP) is 4.31. The van der Waals surface area contributed by atoms with Crippen LogP contribution in [0.15, 0.2) is 96.7 Å². The number of para-hydroxylation sites is 1. The summed E-state index contributed by atoms with van der Waals surface area (Å²) < 4.78 is 0. The van der Waals surface area contributed by atoms with Crippen LogP contribution in [0.1, 0.15) is 22.7 Å². The highest BCUT2D eigenvalue weighted by Gasteiger charge is 2.26. The maximum atomic E-state index is 12.7. The highest BCUT2D eigenvalue weighted by molar-refractivity contribution is 6.07. The number of rotatable bonds is 6. The number of nitriles is 2. The van der Waals surface area contributed by atoms with Crippen LogP contribution in [-0.2, 0) is 4.79 Å². The van der Waals surface area contributed by atoms with E-state index in [1.807, 2.05) is 29.2 Å². The van der Waals surface area contributed by atoms with Gasteiger partial charge in [-0.25, -0.2) is 0 Å². The normalized spacial score (nSPS) is 14.3. The zero-order valence-corrected chi connectivity index (χ0v) is 18.8. The van der Waals surface area contributed by atoms with E-state index in [9.17, 15) is 15.3 Å². The minimum atomic E-state index is -0.515. The number of amides is 1. The Balaban J connectivity index is 1.46. The molecule has 3 aromatic rings. The molecule has 1 amide bonds. The summed E-state index contributed by atoms with van der Waals surface area (Å²) in [6, 6.07) is 31.9. The number of piperazine rings is 1. The topological polar surface area (TPSA) is 83.2 Å². The van der Waals surface area contributed by atoms with Crippen LogP contribution in [0.4, 0.5) is 5.69 Å². The maximum absolute atomic E-state index is 12.7. The van der Waals surface area contributed by atoms with Crippen LogP contribution in [0.3, 0.4) is 0 Å². The van der Waals surface area contributed by atoms with E-state index >= 15 is 0 Å². The van der Waals surface area contributed by atoms with E-state index in [4.69, 9.17) is 0 Å². The zero-order valence-electron chi connectivity index (χ0n) is 18.8. The average Bonchev–Trinajstić information content (AvgIpc) is 2.90. The summed E-state index contributed by atoms with van der Waals surface area (Å²) in [6.07, 6.45) is 1.63. The average molecular weight is 448 g/mol. The smallest absolute Gasteiger partial charge is 0.267 e. The first-order valence-corrected chi connectivity index (χ1v) is 11.2. The predicted molar refractivity (Wildman–Crippen MR) is 131 cm³/mol. The second-order valence-electron chi connectivity index (χ2n) is 8.06. The van der Waals surface area contributed by atoms with Gasteiger partial charge in [0.1, 0.15) is 17.7 Å². The molecule has 6 nitrogen and oxygen atoms in total. The van der Waals surface area contributed by atoms with E-state index in [2.05, 4.69) is 58.7 Å². The first-order chi connectivity index (χ1) is 16.7. The number of carbonyl (C=O) groups excluding carboxylic acids is 1. The minimum absolute atomic E-state index is 0.0175. The fraction of sp³-hybridized carbons (Fsp3) is 0.179. The van der Waals surface area contributed by atoms with Gasteiger partial charge in [-0.15, -0.1) is 0 Å². The Morgan fingerprint density at radius 2 is 1.38 bits per heavy atom. The number of carbonyl (C=O) groups is 1. The molecule has 0 atom stereocenters.